The van der Waals surface area contributed by atoms with Gasteiger partial charge in [0.15, 0.2) is 5.82 Å². The maximum absolute atomic E-state index is 6.02. The summed E-state index contributed by atoms with van der Waals surface area (Å²) in [6.07, 6.45) is 2.65. The zero-order valence-corrected chi connectivity index (χ0v) is 11.8. The number of ether oxygens (including phenoxy) is 1. The molecule has 0 aliphatic heterocycles. The van der Waals surface area contributed by atoms with E-state index in [4.69, 9.17) is 16.3 Å². The molecule has 0 amide bonds. The van der Waals surface area contributed by atoms with E-state index in [2.05, 4.69) is 27.2 Å². The molecular weight excluding hydrogens is 266 g/mol. The normalized spacial score (nSPS) is 10.9. The van der Waals surface area contributed by atoms with Crippen molar-refractivity contribution >= 4 is 11.6 Å². The number of nitrogens with zero attached hydrogens (tertiary/aromatic N) is 5. The standard InChI is InChI=1S/C12H16ClN5O/c1-3-5-18-10(7-14-17-18)9-6-11(13)16-12(15-9)8-19-4-2/h6-7H,3-5,8H2,1-2H3. The van der Waals surface area contributed by atoms with Crippen LogP contribution in [0.4, 0.5) is 0 Å². The predicted octanol–water partition coefficient (Wildman–Crippen LogP) is 2.33. The highest BCUT2D eigenvalue weighted by atomic mass is 35.5. The first-order chi connectivity index (χ1) is 9.24. The Kier molecular flexibility index (Phi) is 4.81. The maximum Gasteiger partial charge on any atom is 0.156 e. The van der Waals surface area contributed by atoms with Gasteiger partial charge >= 0.3 is 0 Å². The van der Waals surface area contributed by atoms with Crippen molar-refractivity contribution in [2.45, 2.75) is 33.4 Å². The van der Waals surface area contributed by atoms with E-state index in [0.717, 1.165) is 18.7 Å². The van der Waals surface area contributed by atoms with Crippen molar-refractivity contribution in [2.24, 2.45) is 0 Å². The van der Waals surface area contributed by atoms with Crippen molar-refractivity contribution in [3.05, 3.63) is 23.2 Å². The highest BCUT2D eigenvalue weighted by molar-refractivity contribution is 6.29. The minimum atomic E-state index is 0.347. The van der Waals surface area contributed by atoms with Gasteiger partial charge in [-0.2, -0.15) is 0 Å². The Morgan fingerprint density at radius 2 is 2.16 bits per heavy atom. The quantitative estimate of drug-likeness (QED) is 0.760. The minimum absolute atomic E-state index is 0.347. The third-order valence-electron chi connectivity index (χ3n) is 2.49. The molecule has 0 unspecified atom stereocenters. The molecule has 2 aromatic rings. The van der Waals surface area contributed by atoms with E-state index < -0.39 is 0 Å². The predicted molar refractivity (Wildman–Crippen MR) is 71.7 cm³/mol. The van der Waals surface area contributed by atoms with E-state index >= 15 is 0 Å². The van der Waals surface area contributed by atoms with Crippen molar-refractivity contribution in [3.8, 4) is 11.4 Å². The Labute approximate surface area is 116 Å². The van der Waals surface area contributed by atoms with Crippen LogP contribution in [0.3, 0.4) is 0 Å². The monoisotopic (exact) mass is 281 g/mol. The lowest BCUT2D eigenvalue weighted by molar-refractivity contribution is 0.128. The molecule has 0 saturated heterocycles. The lowest BCUT2D eigenvalue weighted by atomic mass is 10.3. The van der Waals surface area contributed by atoms with Crippen LogP contribution in [0.25, 0.3) is 11.4 Å². The second-order valence-electron chi connectivity index (χ2n) is 3.97. The van der Waals surface area contributed by atoms with Gasteiger partial charge in [0.1, 0.15) is 17.5 Å². The van der Waals surface area contributed by atoms with Crippen LogP contribution in [-0.2, 0) is 17.9 Å². The molecule has 7 heteroatoms. The number of hydrogen-bond donors (Lipinski definition) is 0. The van der Waals surface area contributed by atoms with Crippen LogP contribution in [-0.4, -0.2) is 31.6 Å². The highest BCUT2D eigenvalue weighted by Gasteiger charge is 2.11. The molecule has 0 spiro atoms. The van der Waals surface area contributed by atoms with Crippen molar-refractivity contribution in [1.29, 1.82) is 0 Å². The van der Waals surface area contributed by atoms with E-state index in [-0.39, 0.29) is 0 Å². The number of hydrogen-bond acceptors (Lipinski definition) is 5. The Balaban J connectivity index is 2.32. The Hall–Kier alpha value is -1.53. The fraction of sp³-hybridized carbons (Fsp3) is 0.500. The molecule has 0 aliphatic carbocycles. The van der Waals surface area contributed by atoms with E-state index in [1.54, 1.807) is 12.3 Å². The molecule has 0 N–H and O–H groups in total. The van der Waals surface area contributed by atoms with Crippen LogP contribution in [0, 0.1) is 0 Å². The summed E-state index contributed by atoms with van der Waals surface area (Å²) in [6.45, 7) is 5.75. The lowest BCUT2D eigenvalue weighted by Crippen LogP contribution is -2.05. The third kappa shape index (κ3) is 3.48. The SMILES string of the molecule is CCCn1nncc1-c1cc(Cl)nc(COCC)n1. The van der Waals surface area contributed by atoms with E-state index in [1.807, 2.05) is 11.6 Å². The van der Waals surface area contributed by atoms with Crippen molar-refractivity contribution in [3.63, 3.8) is 0 Å². The third-order valence-corrected chi connectivity index (χ3v) is 2.69. The van der Waals surface area contributed by atoms with Gasteiger partial charge in [0.05, 0.1) is 11.9 Å². The van der Waals surface area contributed by atoms with Crippen LogP contribution < -0.4 is 0 Å². The molecule has 2 heterocycles. The van der Waals surface area contributed by atoms with Gasteiger partial charge in [0.2, 0.25) is 0 Å². The topological polar surface area (TPSA) is 65.7 Å². The molecule has 2 rings (SSSR count). The summed E-state index contributed by atoms with van der Waals surface area (Å²) in [5.41, 5.74) is 1.55. The minimum Gasteiger partial charge on any atom is -0.374 e. The fourth-order valence-electron chi connectivity index (χ4n) is 1.69. The maximum atomic E-state index is 6.02. The zero-order valence-electron chi connectivity index (χ0n) is 11.0. The summed E-state index contributed by atoms with van der Waals surface area (Å²) >= 11 is 6.02. The second kappa shape index (κ2) is 6.58. The van der Waals surface area contributed by atoms with Crippen molar-refractivity contribution < 1.29 is 4.74 Å². The van der Waals surface area contributed by atoms with Crippen LogP contribution in [0.1, 0.15) is 26.1 Å². The van der Waals surface area contributed by atoms with Gasteiger partial charge in [-0.1, -0.05) is 23.7 Å². The van der Waals surface area contributed by atoms with Crippen molar-refractivity contribution in [2.75, 3.05) is 6.61 Å². The largest absolute Gasteiger partial charge is 0.374 e. The molecule has 0 aromatic carbocycles. The molecule has 0 radical (unpaired) electrons. The average molecular weight is 282 g/mol. The lowest BCUT2D eigenvalue weighted by Gasteiger charge is -2.06. The Bertz CT molecular complexity index is 543. The van der Waals surface area contributed by atoms with Crippen LogP contribution >= 0.6 is 11.6 Å². The fourth-order valence-corrected chi connectivity index (χ4v) is 1.89. The van der Waals surface area contributed by atoms with Crippen LogP contribution in [0.2, 0.25) is 5.15 Å². The van der Waals surface area contributed by atoms with Gasteiger partial charge < -0.3 is 4.74 Å². The van der Waals surface area contributed by atoms with Gasteiger partial charge in [-0.3, -0.25) is 0 Å². The van der Waals surface area contributed by atoms with Crippen molar-refractivity contribution in [1.82, 2.24) is 25.0 Å². The highest BCUT2D eigenvalue weighted by Crippen LogP contribution is 2.19. The molecule has 0 fully saturated rings. The summed E-state index contributed by atoms with van der Waals surface area (Å²) in [7, 11) is 0. The van der Waals surface area contributed by atoms with Gasteiger partial charge in [0, 0.05) is 19.2 Å². The second-order valence-corrected chi connectivity index (χ2v) is 4.36. The average Bonchev–Trinajstić information content (AvgIpc) is 2.84. The molecule has 19 heavy (non-hydrogen) atoms. The van der Waals surface area contributed by atoms with Gasteiger partial charge in [-0.05, 0) is 13.3 Å². The number of rotatable bonds is 6. The molecule has 6 nitrogen and oxygen atoms in total. The summed E-state index contributed by atoms with van der Waals surface area (Å²) in [6, 6.07) is 1.71. The smallest absolute Gasteiger partial charge is 0.156 e. The van der Waals surface area contributed by atoms with Crippen LogP contribution in [0.15, 0.2) is 12.3 Å². The van der Waals surface area contributed by atoms with E-state index in [0.29, 0.717) is 29.9 Å². The molecule has 0 aliphatic rings. The number of aromatic nitrogens is 5. The summed E-state index contributed by atoms with van der Waals surface area (Å²) in [4.78, 5) is 8.57. The number of aryl methyl sites for hydroxylation is 1. The summed E-state index contributed by atoms with van der Waals surface area (Å²) in [5.74, 6) is 0.564. The summed E-state index contributed by atoms with van der Waals surface area (Å²) in [5, 5.41) is 8.35. The molecule has 0 bridgehead atoms. The zero-order chi connectivity index (χ0) is 13.7. The Morgan fingerprint density at radius 3 is 2.89 bits per heavy atom. The molecular formula is C12H16ClN5O. The van der Waals surface area contributed by atoms with Gasteiger partial charge in [-0.25, -0.2) is 14.6 Å². The Morgan fingerprint density at radius 1 is 1.32 bits per heavy atom. The molecule has 102 valence electrons. The van der Waals surface area contributed by atoms with Crippen LogP contribution in [0.5, 0.6) is 0 Å². The first-order valence-corrected chi connectivity index (χ1v) is 6.62. The van der Waals surface area contributed by atoms with Gasteiger partial charge in [-0.15, -0.1) is 5.10 Å². The molecule has 0 saturated carbocycles. The molecule has 2 aromatic heterocycles. The van der Waals surface area contributed by atoms with E-state index in [1.165, 1.54) is 0 Å². The number of halogens is 1. The van der Waals surface area contributed by atoms with Gasteiger partial charge in [0.25, 0.3) is 0 Å². The molecule has 0 atom stereocenters. The first-order valence-electron chi connectivity index (χ1n) is 6.24. The summed E-state index contributed by atoms with van der Waals surface area (Å²) < 4.78 is 7.11. The first kappa shape index (κ1) is 13.9. The van der Waals surface area contributed by atoms with E-state index in [9.17, 15) is 0 Å².